The van der Waals surface area contributed by atoms with E-state index in [1.807, 2.05) is 0 Å². The molecule has 0 atom stereocenters. The molecule has 5 nitrogen and oxygen atoms in total. The highest BCUT2D eigenvalue weighted by Crippen LogP contribution is 2.40. The fourth-order valence-corrected chi connectivity index (χ4v) is 3.71. The Morgan fingerprint density at radius 3 is 2.52 bits per heavy atom. The van der Waals surface area contributed by atoms with Crippen LogP contribution in [0.5, 0.6) is 0 Å². The Bertz CT molecular complexity index is 620. The highest BCUT2D eigenvalue weighted by molar-refractivity contribution is 7.90. The van der Waals surface area contributed by atoms with Gasteiger partial charge in [0.2, 0.25) is 0 Å². The molecule has 21 heavy (non-hydrogen) atoms. The smallest absolute Gasteiger partial charge is 0.314 e. The topological polar surface area (TPSA) is 64.8 Å². The largest absolute Gasteiger partial charge is 0.394 e. The zero-order valence-electron chi connectivity index (χ0n) is 11.9. The van der Waals surface area contributed by atoms with Crippen molar-refractivity contribution in [2.75, 3.05) is 5.75 Å². The number of sulfone groups is 1. The first-order valence-electron chi connectivity index (χ1n) is 6.70. The quantitative estimate of drug-likeness (QED) is 0.832. The average molecular weight is 325 g/mol. The van der Waals surface area contributed by atoms with Crippen molar-refractivity contribution < 1.29 is 21.6 Å². The van der Waals surface area contributed by atoms with E-state index < -0.39 is 33.6 Å². The van der Waals surface area contributed by atoms with Gasteiger partial charge in [-0.1, -0.05) is 13.8 Å². The molecule has 0 amide bonds. The van der Waals surface area contributed by atoms with E-state index in [0.29, 0.717) is 12.4 Å². The van der Waals surface area contributed by atoms with Crippen LogP contribution in [-0.2, 0) is 28.6 Å². The van der Waals surface area contributed by atoms with Crippen molar-refractivity contribution in [1.29, 1.82) is 0 Å². The summed E-state index contributed by atoms with van der Waals surface area (Å²) in [6.45, 7) is 2.69. The van der Waals surface area contributed by atoms with E-state index in [9.17, 15) is 21.6 Å². The summed E-state index contributed by atoms with van der Waals surface area (Å²) in [4.78, 5) is 0. The van der Waals surface area contributed by atoms with Gasteiger partial charge in [0, 0.05) is 13.0 Å². The monoisotopic (exact) mass is 325 g/mol. The fourth-order valence-electron chi connectivity index (χ4n) is 2.14. The third-order valence-corrected chi connectivity index (χ3v) is 5.36. The second-order valence-corrected chi connectivity index (χ2v) is 8.20. The van der Waals surface area contributed by atoms with Crippen molar-refractivity contribution in [3.8, 4) is 0 Å². The molecule has 0 aliphatic carbocycles. The van der Waals surface area contributed by atoms with Crippen LogP contribution in [-0.4, -0.2) is 35.1 Å². The van der Waals surface area contributed by atoms with Gasteiger partial charge in [0.25, 0.3) is 0 Å². The van der Waals surface area contributed by atoms with Gasteiger partial charge >= 0.3 is 6.18 Å². The van der Waals surface area contributed by atoms with Gasteiger partial charge in [-0.15, -0.1) is 10.2 Å². The molecule has 1 aliphatic heterocycles. The first kappa shape index (κ1) is 16.3. The second-order valence-electron chi connectivity index (χ2n) is 6.01. The standard InChI is InChI=1S/C12H18F3N3O2S/c1-11(2,12(13,14)15)5-7-21(19,20)8-10-17-16-9-4-3-6-18(9)10/h3-8H2,1-2H3. The number of alkyl halides is 3. The van der Waals surface area contributed by atoms with Crippen molar-refractivity contribution in [2.45, 2.75) is 51.6 Å². The van der Waals surface area contributed by atoms with Gasteiger partial charge in [-0.05, 0) is 12.8 Å². The van der Waals surface area contributed by atoms with Crippen LogP contribution in [0.4, 0.5) is 13.2 Å². The number of hydrogen-bond acceptors (Lipinski definition) is 4. The molecule has 1 aliphatic rings. The Hall–Kier alpha value is -1.12. The molecule has 120 valence electrons. The Morgan fingerprint density at radius 1 is 1.24 bits per heavy atom. The molecule has 0 fully saturated rings. The zero-order valence-corrected chi connectivity index (χ0v) is 12.8. The lowest BCUT2D eigenvalue weighted by Crippen LogP contribution is -2.34. The van der Waals surface area contributed by atoms with Crippen LogP contribution in [0.2, 0.25) is 0 Å². The summed E-state index contributed by atoms with van der Waals surface area (Å²) < 4.78 is 64.0. The maximum Gasteiger partial charge on any atom is 0.394 e. The molecule has 0 N–H and O–H groups in total. The Balaban J connectivity index is 2.03. The number of halogens is 3. The van der Waals surface area contributed by atoms with Crippen LogP contribution in [0, 0.1) is 5.41 Å². The molecule has 1 aromatic rings. The molecule has 0 radical (unpaired) electrons. The highest BCUT2D eigenvalue weighted by Gasteiger charge is 2.47. The second kappa shape index (κ2) is 5.26. The number of aryl methyl sites for hydroxylation is 1. The lowest BCUT2D eigenvalue weighted by atomic mass is 9.90. The van der Waals surface area contributed by atoms with E-state index >= 15 is 0 Å². The summed E-state index contributed by atoms with van der Waals surface area (Å²) in [6.07, 6.45) is -3.23. The molecule has 0 aromatic carbocycles. The van der Waals surface area contributed by atoms with Crippen LogP contribution in [0.3, 0.4) is 0 Å². The molecule has 2 heterocycles. The van der Waals surface area contributed by atoms with Gasteiger partial charge in [0.1, 0.15) is 17.4 Å². The van der Waals surface area contributed by atoms with Gasteiger partial charge < -0.3 is 4.57 Å². The van der Waals surface area contributed by atoms with Crippen molar-refractivity contribution in [1.82, 2.24) is 14.8 Å². The van der Waals surface area contributed by atoms with Crippen LogP contribution >= 0.6 is 0 Å². The molecule has 0 saturated carbocycles. The Morgan fingerprint density at radius 2 is 1.90 bits per heavy atom. The predicted octanol–water partition coefficient (Wildman–Crippen LogP) is 2.12. The van der Waals surface area contributed by atoms with E-state index in [4.69, 9.17) is 0 Å². The van der Waals surface area contributed by atoms with Crippen molar-refractivity contribution >= 4 is 9.84 Å². The summed E-state index contributed by atoms with van der Waals surface area (Å²) in [5.74, 6) is 0.207. The number of hydrogen-bond donors (Lipinski definition) is 0. The molecular weight excluding hydrogens is 307 g/mol. The highest BCUT2D eigenvalue weighted by atomic mass is 32.2. The lowest BCUT2D eigenvalue weighted by molar-refractivity contribution is -0.211. The lowest BCUT2D eigenvalue weighted by Gasteiger charge is -2.27. The van der Waals surface area contributed by atoms with Gasteiger partial charge in [-0.2, -0.15) is 13.2 Å². The maximum absolute atomic E-state index is 12.7. The minimum Gasteiger partial charge on any atom is -0.314 e. The summed E-state index contributed by atoms with van der Waals surface area (Å²) in [5, 5.41) is 7.73. The SMILES string of the molecule is CC(C)(CCS(=O)(=O)Cc1nnc2n1CCC2)C(F)(F)F. The summed E-state index contributed by atoms with van der Waals surface area (Å²) in [5.41, 5.74) is -2.02. The first-order valence-corrected chi connectivity index (χ1v) is 8.52. The fraction of sp³-hybridized carbons (Fsp3) is 0.833. The van der Waals surface area contributed by atoms with E-state index in [0.717, 1.165) is 32.5 Å². The molecule has 0 bridgehead atoms. The zero-order chi connectivity index (χ0) is 15.9. The number of nitrogens with zero attached hydrogens (tertiary/aromatic N) is 3. The van der Waals surface area contributed by atoms with E-state index in [1.165, 1.54) is 0 Å². The molecule has 0 saturated heterocycles. The predicted molar refractivity (Wildman–Crippen MR) is 70.3 cm³/mol. The summed E-state index contributed by atoms with van der Waals surface area (Å²) in [7, 11) is -3.64. The Kier molecular flexibility index (Phi) is 4.07. The molecule has 2 rings (SSSR count). The summed E-state index contributed by atoms with van der Waals surface area (Å²) >= 11 is 0. The first-order chi connectivity index (χ1) is 9.52. The molecule has 0 unspecified atom stereocenters. The number of fused-ring (bicyclic) bond motifs is 1. The van der Waals surface area contributed by atoms with Crippen LogP contribution in [0.15, 0.2) is 0 Å². The van der Waals surface area contributed by atoms with Crippen molar-refractivity contribution in [3.63, 3.8) is 0 Å². The minimum atomic E-state index is -4.42. The Labute approximate surface area is 121 Å². The van der Waals surface area contributed by atoms with Crippen LogP contribution < -0.4 is 0 Å². The van der Waals surface area contributed by atoms with E-state index in [2.05, 4.69) is 10.2 Å². The van der Waals surface area contributed by atoms with E-state index in [-0.39, 0.29) is 5.75 Å². The van der Waals surface area contributed by atoms with Gasteiger partial charge in [-0.3, -0.25) is 0 Å². The van der Waals surface area contributed by atoms with Crippen LogP contribution in [0.1, 0.15) is 38.3 Å². The van der Waals surface area contributed by atoms with Crippen molar-refractivity contribution in [2.24, 2.45) is 5.41 Å². The number of aromatic nitrogens is 3. The molecular formula is C12H18F3N3O2S. The van der Waals surface area contributed by atoms with Crippen molar-refractivity contribution in [3.05, 3.63) is 11.6 Å². The van der Waals surface area contributed by atoms with Gasteiger partial charge in [-0.25, -0.2) is 8.42 Å². The molecule has 9 heteroatoms. The average Bonchev–Trinajstić information content (AvgIpc) is 2.90. The summed E-state index contributed by atoms with van der Waals surface area (Å²) in [6, 6.07) is 0. The normalized spacial score (nSPS) is 16.2. The molecule has 0 spiro atoms. The minimum absolute atomic E-state index is 0.326. The maximum atomic E-state index is 12.7. The van der Waals surface area contributed by atoms with Crippen LogP contribution in [0.25, 0.3) is 0 Å². The molecule has 1 aromatic heterocycles. The van der Waals surface area contributed by atoms with Gasteiger partial charge in [0.05, 0.1) is 11.2 Å². The third kappa shape index (κ3) is 3.56. The van der Waals surface area contributed by atoms with Gasteiger partial charge in [0.15, 0.2) is 9.84 Å². The number of rotatable bonds is 5. The van der Waals surface area contributed by atoms with E-state index in [1.54, 1.807) is 4.57 Å². The third-order valence-electron chi connectivity index (χ3n) is 3.84.